The summed E-state index contributed by atoms with van der Waals surface area (Å²) in [6.07, 6.45) is 1.91. The quantitative estimate of drug-likeness (QED) is 0.171. The van der Waals surface area contributed by atoms with Crippen LogP contribution >= 0.6 is 0 Å². The number of carbonyl (C=O) groups is 2. The Kier molecular flexibility index (Phi) is 8.13. The van der Waals surface area contributed by atoms with Gasteiger partial charge in [0.1, 0.15) is 11.5 Å². The second-order valence-corrected chi connectivity index (χ2v) is 8.75. The average molecular weight is 502 g/mol. The molecule has 0 aromatic heterocycles. The van der Waals surface area contributed by atoms with Gasteiger partial charge in [-0.15, -0.1) is 0 Å². The molecule has 7 nitrogen and oxygen atoms in total. The summed E-state index contributed by atoms with van der Waals surface area (Å²) in [6, 6.07) is 20.6. The van der Waals surface area contributed by atoms with Gasteiger partial charge in [-0.1, -0.05) is 49.7 Å². The predicted octanol–water partition coefficient (Wildman–Crippen LogP) is 5.50. The molecule has 37 heavy (non-hydrogen) atoms. The molecule has 0 saturated carbocycles. The van der Waals surface area contributed by atoms with Crippen LogP contribution in [-0.2, 0) is 16.1 Å². The molecule has 3 aromatic rings. The van der Waals surface area contributed by atoms with Crippen LogP contribution in [0.4, 0.5) is 0 Å². The van der Waals surface area contributed by atoms with E-state index in [4.69, 9.17) is 14.2 Å². The summed E-state index contributed by atoms with van der Waals surface area (Å²) in [6.45, 7) is 2.84. The lowest BCUT2D eigenvalue weighted by Crippen LogP contribution is -2.29. The normalized spacial score (nSPS) is 16.6. The minimum absolute atomic E-state index is 0.0211. The first-order chi connectivity index (χ1) is 18.0. The number of likely N-dealkylation sites (tertiary alicyclic amines) is 1. The van der Waals surface area contributed by atoms with Crippen molar-refractivity contribution in [2.24, 2.45) is 0 Å². The summed E-state index contributed by atoms with van der Waals surface area (Å²) in [5, 5.41) is 11.3. The molecular formula is C30H31NO6. The fourth-order valence-electron chi connectivity index (χ4n) is 4.37. The SMILES string of the molecule is CCCCOc1ccc(C2/C(=C(\O)c3ccc(OC)cc3)C(=O)C(=O)N2Cc2ccccc2)cc1OC. The minimum Gasteiger partial charge on any atom is -0.507 e. The highest BCUT2D eigenvalue weighted by Gasteiger charge is 2.46. The maximum Gasteiger partial charge on any atom is 0.295 e. The van der Waals surface area contributed by atoms with E-state index in [1.165, 1.54) is 4.90 Å². The van der Waals surface area contributed by atoms with Crippen LogP contribution in [0.1, 0.15) is 42.5 Å². The van der Waals surface area contributed by atoms with Gasteiger partial charge < -0.3 is 24.2 Å². The van der Waals surface area contributed by atoms with Crippen molar-refractivity contribution in [2.75, 3.05) is 20.8 Å². The van der Waals surface area contributed by atoms with Crippen molar-refractivity contribution in [1.29, 1.82) is 0 Å². The first-order valence-electron chi connectivity index (χ1n) is 12.3. The molecule has 1 N–H and O–H groups in total. The highest BCUT2D eigenvalue weighted by molar-refractivity contribution is 6.46. The largest absolute Gasteiger partial charge is 0.507 e. The number of aliphatic hydroxyl groups is 1. The molecule has 1 atom stereocenters. The Morgan fingerprint density at radius 3 is 2.30 bits per heavy atom. The summed E-state index contributed by atoms with van der Waals surface area (Å²) < 4.78 is 16.7. The second kappa shape index (κ2) is 11.6. The van der Waals surface area contributed by atoms with Crippen molar-refractivity contribution in [3.05, 3.63) is 95.1 Å². The van der Waals surface area contributed by atoms with Gasteiger partial charge in [0.2, 0.25) is 0 Å². The van der Waals surface area contributed by atoms with Crippen LogP contribution in [0.2, 0.25) is 0 Å². The number of rotatable bonds is 10. The molecule has 1 heterocycles. The lowest BCUT2D eigenvalue weighted by atomic mass is 9.94. The van der Waals surface area contributed by atoms with Crippen LogP contribution in [0, 0.1) is 0 Å². The van der Waals surface area contributed by atoms with Crippen LogP contribution in [-0.4, -0.2) is 42.5 Å². The number of nitrogens with zero attached hydrogens (tertiary/aromatic N) is 1. The van der Waals surface area contributed by atoms with Crippen molar-refractivity contribution in [2.45, 2.75) is 32.4 Å². The Bertz CT molecular complexity index is 1280. The van der Waals surface area contributed by atoms with E-state index in [-0.39, 0.29) is 17.9 Å². The van der Waals surface area contributed by atoms with Crippen LogP contribution < -0.4 is 14.2 Å². The van der Waals surface area contributed by atoms with E-state index < -0.39 is 17.7 Å². The minimum atomic E-state index is -0.819. The second-order valence-electron chi connectivity index (χ2n) is 8.75. The molecule has 0 aliphatic carbocycles. The van der Waals surface area contributed by atoms with Gasteiger partial charge in [-0.2, -0.15) is 0 Å². The van der Waals surface area contributed by atoms with Crippen molar-refractivity contribution in [3.8, 4) is 17.2 Å². The molecule has 3 aromatic carbocycles. The molecule has 7 heteroatoms. The topological polar surface area (TPSA) is 85.3 Å². The fourth-order valence-corrected chi connectivity index (χ4v) is 4.37. The third-order valence-electron chi connectivity index (χ3n) is 6.36. The van der Waals surface area contributed by atoms with Crippen LogP contribution in [0.15, 0.2) is 78.4 Å². The highest BCUT2D eigenvalue weighted by Crippen LogP contribution is 2.42. The molecule has 0 radical (unpaired) electrons. The van der Waals surface area contributed by atoms with Crippen molar-refractivity contribution < 1.29 is 28.9 Å². The maximum atomic E-state index is 13.3. The van der Waals surface area contributed by atoms with E-state index >= 15 is 0 Å². The number of Topliss-reactive ketones (excluding diaryl/α,β-unsaturated/α-hetero) is 1. The van der Waals surface area contributed by atoms with Gasteiger partial charge in [0, 0.05) is 12.1 Å². The number of ketones is 1. The zero-order valence-electron chi connectivity index (χ0n) is 21.3. The zero-order valence-corrected chi connectivity index (χ0v) is 21.3. The molecule has 0 bridgehead atoms. The molecule has 1 fully saturated rings. The van der Waals surface area contributed by atoms with E-state index in [9.17, 15) is 14.7 Å². The summed E-state index contributed by atoms with van der Waals surface area (Å²) in [4.78, 5) is 28.1. The Labute approximate surface area is 216 Å². The van der Waals surface area contributed by atoms with E-state index in [2.05, 4.69) is 6.92 Å². The number of amides is 1. The van der Waals surface area contributed by atoms with Crippen LogP contribution in [0.5, 0.6) is 17.2 Å². The van der Waals surface area contributed by atoms with E-state index in [0.29, 0.717) is 35.0 Å². The third-order valence-corrected chi connectivity index (χ3v) is 6.36. The van der Waals surface area contributed by atoms with Gasteiger partial charge in [0.15, 0.2) is 11.5 Å². The molecule has 1 saturated heterocycles. The van der Waals surface area contributed by atoms with Crippen molar-refractivity contribution >= 4 is 17.4 Å². The molecule has 1 unspecified atom stereocenters. The number of ether oxygens (including phenoxy) is 3. The van der Waals surface area contributed by atoms with Gasteiger partial charge in [0.05, 0.1) is 32.4 Å². The fraction of sp³-hybridized carbons (Fsp3) is 0.267. The van der Waals surface area contributed by atoms with E-state index in [1.807, 2.05) is 30.3 Å². The summed E-state index contributed by atoms with van der Waals surface area (Å²) in [5.74, 6) is 0.0192. The number of hydrogen-bond donors (Lipinski definition) is 1. The molecular weight excluding hydrogens is 470 g/mol. The summed E-state index contributed by atoms with van der Waals surface area (Å²) >= 11 is 0. The Hall–Kier alpha value is -4.26. The summed E-state index contributed by atoms with van der Waals surface area (Å²) in [7, 11) is 3.09. The maximum absolute atomic E-state index is 13.3. The molecule has 0 spiro atoms. The Morgan fingerprint density at radius 2 is 1.65 bits per heavy atom. The van der Waals surface area contributed by atoms with Crippen LogP contribution in [0.3, 0.4) is 0 Å². The van der Waals surface area contributed by atoms with Crippen molar-refractivity contribution in [1.82, 2.24) is 4.90 Å². The molecule has 1 aliphatic heterocycles. The summed E-state index contributed by atoms with van der Waals surface area (Å²) in [5.41, 5.74) is 1.93. The number of methoxy groups -OCH3 is 2. The zero-order chi connectivity index (χ0) is 26.4. The third kappa shape index (κ3) is 5.45. The Morgan fingerprint density at radius 1 is 0.919 bits per heavy atom. The molecule has 192 valence electrons. The predicted molar refractivity (Wildman–Crippen MR) is 141 cm³/mol. The number of unbranched alkanes of at least 4 members (excludes halogenated alkanes) is 1. The van der Waals surface area contributed by atoms with E-state index in [1.54, 1.807) is 56.7 Å². The molecule has 1 amide bonds. The molecule has 4 rings (SSSR count). The van der Waals surface area contributed by atoms with Gasteiger partial charge >= 0.3 is 0 Å². The first kappa shape index (κ1) is 25.8. The number of aliphatic hydroxyl groups excluding tert-OH is 1. The first-order valence-corrected chi connectivity index (χ1v) is 12.3. The number of hydrogen-bond acceptors (Lipinski definition) is 6. The Balaban J connectivity index is 1.82. The molecule has 1 aliphatic rings. The average Bonchev–Trinajstić information content (AvgIpc) is 3.18. The smallest absolute Gasteiger partial charge is 0.295 e. The van der Waals surface area contributed by atoms with E-state index in [0.717, 1.165) is 18.4 Å². The standard InChI is InChI=1S/C30H31NO6/c1-4-5-17-37-24-16-13-22(18-25(24)36-3)27-26(28(32)21-11-14-23(35-2)15-12-21)29(33)30(34)31(27)19-20-9-7-6-8-10-20/h6-16,18,27,32H,4-5,17,19H2,1-3H3/b28-26+. The van der Waals surface area contributed by atoms with Gasteiger partial charge in [-0.25, -0.2) is 0 Å². The lowest BCUT2D eigenvalue weighted by Gasteiger charge is -2.26. The van der Waals surface area contributed by atoms with Crippen LogP contribution in [0.25, 0.3) is 5.76 Å². The number of carbonyl (C=O) groups excluding carboxylic acids is 2. The number of benzene rings is 3. The van der Waals surface area contributed by atoms with Gasteiger partial charge in [-0.05, 0) is 53.9 Å². The van der Waals surface area contributed by atoms with Gasteiger partial charge in [-0.3, -0.25) is 9.59 Å². The lowest BCUT2D eigenvalue weighted by molar-refractivity contribution is -0.140. The monoisotopic (exact) mass is 501 g/mol. The highest BCUT2D eigenvalue weighted by atomic mass is 16.5. The van der Waals surface area contributed by atoms with Gasteiger partial charge in [0.25, 0.3) is 11.7 Å². The van der Waals surface area contributed by atoms with Crippen molar-refractivity contribution in [3.63, 3.8) is 0 Å².